The van der Waals surface area contributed by atoms with Crippen LogP contribution >= 0.6 is 0 Å². The van der Waals surface area contributed by atoms with E-state index >= 15 is 0 Å². The monoisotopic (exact) mass is 354 g/mol. The number of hydrogen-bond acceptors (Lipinski definition) is 4. The topological polar surface area (TPSA) is 72.7 Å². The highest BCUT2D eigenvalue weighted by atomic mass is 16.5. The zero-order valence-corrected chi connectivity index (χ0v) is 14.9. The van der Waals surface area contributed by atoms with E-state index in [1.807, 2.05) is 48.5 Å². The number of para-hydroxylation sites is 1. The van der Waals surface area contributed by atoms with Gasteiger partial charge in [0.1, 0.15) is 11.3 Å². The van der Waals surface area contributed by atoms with Crippen molar-refractivity contribution in [2.75, 3.05) is 20.8 Å². The van der Waals surface area contributed by atoms with Gasteiger partial charge in [0.25, 0.3) is 0 Å². The summed E-state index contributed by atoms with van der Waals surface area (Å²) < 4.78 is 16.2. The molecule has 0 saturated heterocycles. The molecule has 6 heteroatoms. The lowest BCUT2D eigenvalue weighted by Gasteiger charge is -2.11. The van der Waals surface area contributed by atoms with Crippen molar-refractivity contribution in [3.05, 3.63) is 59.9 Å². The Kier molecular flexibility index (Phi) is 5.63. The van der Waals surface area contributed by atoms with E-state index in [9.17, 15) is 4.79 Å². The minimum Gasteiger partial charge on any atom is -0.493 e. The first-order valence-electron chi connectivity index (χ1n) is 8.39. The maximum atomic E-state index is 11.9. The Morgan fingerprint density at radius 2 is 1.81 bits per heavy atom. The number of rotatable bonds is 7. The summed E-state index contributed by atoms with van der Waals surface area (Å²) in [4.78, 5) is 11.9. The van der Waals surface area contributed by atoms with Gasteiger partial charge in [-0.2, -0.15) is 0 Å². The van der Waals surface area contributed by atoms with Crippen molar-refractivity contribution in [1.82, 2.24) is 10.6 Å². The van der Waals surface area contributed by atoms with Gasteiger partial charge in [-0.05, 0) is 29.8 Å². The van der Waals surface area contributed by atoms with Crippen LogP contribution in [-0.2, 0) is 13.0 Å². The largest absolute Gasteiger partial charge is 0.493 e. The standard InChI is InChI=1S/C20H22N2O4/c1-24-18-8-7-14(11-19(18)25-2)13-22-20(23)21-10-9-16-12-15-5-3-4-6-17(15)26-16/h3-8,11-12H,9-10,13H2,1-2H3,(H2,21,22,23). The number of methoxy groups -OCH3 is 2. The Labute approximate surface area is 152 Å². The molecule has 2 N–H and O–H groups in total. The van der Waals surface area contributed by atoms with E-state index in [2.05, 4.69) is 10.6 Å². The summed E-state index contributed by atoms with van der Waals surface area (Å²) >= 11 is 0. The van der Waals surface area contributed by atoms with Crippen molar-refractivity contribution in [1.29, 1.82) is 0 Å². The van der Waals surface area contributed by atoms with Crippen LogP contribution in [0.4, 0.5) is 4.79 Å². The van der Waals surface area contributed by atoms with Crippen LogP contribution in [0.1, 0.15) is 11.3 Å². The van der Waals surface area contributed by atoms with Gasteiger partial charge < -0.3 is 24.5 Å². The second-order valence-electron chi connectivity index (χ2n) is 5.80. The third-order valence-electron chi connectivity index (χ3n) is 4.03. The first-order chi connectivity index (χ1) is 12.7. The van der Waals surface area contributed by atoms with E-state index in [0.29, 0.717) is 31.0 Å². The average molecular weight is 354 g/mol. The van der Waals surface area contributed by atoms with Crippen LogP contribution in [-0.4, -0.2) is 26.8 Å². The highest BCUT2D eigenvalue weighted by molar-refractivity contribution is 5.77. The third-order valence-corrected chi connectivity index (χ3v) is 4.03. The second kappa shape index (κ2) is 8.29. The Morgan fingerprint density at radius 3 is 2.58 bits per heavy atom. The second-order valence-corrected chi connectivity index (χ2v) is 5.80. The number of ether oxygens (including phenoxy) is 2. The molecular formula is C20H22N2O4. The van der Waals surface area contributed by atoms with Crippen molar-refractivity contribution in [2.45, 2.75) is 13.0 Å². The molecule has 0 saturated carbocycles. The average Bonchev–Trinajstić information content (AvgIpc) is 3.08. The van der Waals surface area contributed by atoms with Gasteiger partial charge in [-0.25, -0.2) is 4.79 Å². The molecule has 2 amide bonds. The fraction of sp³-hybridized carbons (Fsp3) is 0.250. The minimum atomic E-state index is -0.226. The molecule has 0 aliphatic carbocycles. The minimum absolute atomic E-state index is 0.226. The van der Waals surface area contributed by atoms with Crippen LogP contribution in [0.3, 0.4) is 0 Å². The zero-order valence-electron chi connectivity index (χ0n) is 14.9. The number of fused-ring (bicyclic) bond motifs is 1. The third kappa shape index (κ3) is 4.27. The molecule has 136 valence electrons. The Balaban J connectivity index is 1.45. The maximum absolute atomic E-state index is 11.9. The number of nitrogens with one attached hydrogen (secondary N) is 2. The van der Waals surface area contributed by atoms with E-state index < -0.39 is 0 Å². The maximum Gasteiger partial charge on any atom is 0.315 e. The fourth-order valence-electron chi connectivity index (χ4n) is 2.69. The molecule has 26 heavy (non-hydrogen) atoms. The summed E-state index contributed by atoms with van der Waals surface area (Å²) in [5, 5.41) is 6.72. The van der Waals surface area contributed by atoms with Gasteiger partial charge in [-0.15, -0.1) is 0 Å². The molecular weight excluding hydrogens is 332 g/mol. The van der Waals surface area contributed by atoms with Gasteiger partial charge in [0.2, 0.25) is 0 Å². The molecule has 0 bridgehead atoms. The van der Waals surface area contributed by atoms with Gasteiger partial charge in [0, 0.05) is 24.9 Å². The van der Waals surface area contributed by atoms with Gasteiger partial charge in [0.05, 0.1) is 14.2 Å². The summed E-state index contributed by atoms with van der Waals surface area (Å²) in [6.45, 7) is 0.897. The predicted octanol–water partition coefficient (Wildman–Crippen LogP) is 3.49. The predicted molar refractivity (Wildman–Crippen MR) is 99.7 cm³/mol. The fourth-order valence-corrected chi connectivity index (χ4v) is 2.69. The summed E-state index contributed by atoms with van der Waals surface area (Å²) in [6, 6.07) is 15.2. The van der Waals surface area contributed by atoms with Crippen LogP contribution in [0.15, 0.2) is 52.9 Å². The lowest BCUT2D eigenvalue weighted by molar-refractivity contribution is 0.240. The lowest BCUT2D eigenvalue weighted by atomic mass is 10.2. The van der Waals surface area contributed by atoms with Gasteiger partial charge in [0.15, 0.2) is 11.5 Å². The van der Waals surface area contributed by atoms with E-state index in [0.717, 1.165) is 22.3 Å². The number of hydrogen-bond donors (Lipinski definition) is 2. The molecule has 3 aromatic rings. The normalized spacial score (nSPS) is 10.5. The SMILES string of the molecule is COc1ccc(CNC(=O)NCCc2cc3ccccc3o2)cc1OC. The molecule has 0 spiro atoms. The Hall–Kier alpha value is -3.15. The smallest absolute Gasteiger partial charge is 0.315 e. The van der Waals surface area contributed by atoms with Crippen molar-refractivity contribution >= 4 is 17.0 Å². The molecule has 0 aliphatic heterocycles. The van der Waals surface area contributed by atoms with Crippen molar-refractivity contribution in [3.63, 3.8) is 0 Å². The number of urea groups is 1. The van der Waals surface area contributed by atoms with Crippen LogP contribution in [0.25, 0.3) is 11.0 Å². The molecule has 0 fully saturated rings. The van der Waals surface area contributed by atoms with Crippen molar-refractivity contribution < 1.29 is 18.7 Å². The van der Waals surface area contributed by atoms with Gasteiger partial charge in [-0.3, -0.25) is 0 Å². The van der Waals surface area contributed by atoms with Gasteiger partial charge in [-0.1, -0.05) is 24.3 Å². The highest BCUT2D eigenvalue weighted by Crippen LogP contribution is 2.27. The van der Waals surface area contributed by atoms with E-state index in [-0.39, 0.29) is 6.03 Å². The first kappa shape index (κ1) is 17.7. The van der Waals surface area contributed by atoms with Crippen molar-refractivity contribution in [3.8, 4) is 11.5 Å². The first-order valence-corrected chi connectivity index (χ1v) is 8.39. The van der Waals surface area contributed by atoms with Crippen LogP contribution in [0.5, 0.6) is 11.5 Å². The number of benzene rings is 2. The Morgan fingerprint density at radius 1 is 1.00 bits per heavy atom. The van der Waals surface area contributed by atoms with Crippen LogP contribution in [0.2, 0.25) is 0 Å². The molecule has 0 atom stereocenters. The Bertz CT molecular complexity index is 855. The number of carbonyl (C=O) groups is 1. The van der Waals surface area contributed by atoms with Crippen LogP contribution < -0.4 is 20.1 Å². The molecule has 2 aromatic carbocycles. The summed E-state index contributed by atoms with van der Waals surface area (Å²) in [5.74, 6) is 2.15. The lowest BCUT2D eigenvalue weighted by Crippen LogP contribution is -2.36. The molecule has 0 radical (unpaired) electrons. The van der Waals surface area contributed by atoms with E-state index in [4.69, 9.17) is 13.9 Å². The zero-order chi connectivity index (χ0) is 18.4. The van der Waals surface area contributed by atoms with E-state index in [1.165, 1.54) is 0 Å². The quantitative estimate of drug-likeness (QED) is 0.681. The summed E-state index contributed by atoms with van der Waals surface area (Å²) in [5.41, 5.74) is 1.79. The molecule has 1 heterocycles. The van der Waals surface area contributed by atoms with E-state index in [1.54, 1.807) is 14.2 Å². The molecule has 3 rings (SSSR count). The molecule has 0 unspecified atom stereocenters. The molecule has 0 aliphatic rings. The summed E-state index contributed by atoms with van der Waals surface area (Å²) in [6.07, 6.45) is 0.637. The number of amides is 2. The number of carbonyl (C=O) groups excluding carboxylic acids is 1. The van der Waals surface area contributed by atoms with Crippen molar-refractivity contribution in [2.24, 2.45) is 0 Å². The number of furan rings is 1. The molecule has 1 aromatic heterocycles. The summed E-state index contributed by atoms with van der Waals surface area (Å²) in [7, 11) is 3.17. The highest BCUT2D eigenvalue weighted by Gasteiger charge is 2.07. The van der Waals surface area contributed by atoms with Crippen LogP contribution in [0, 0.1) is 0 Å². The molecule has 6 nitrogen and oxygen atoms in total. The van der Waals surface area contributed by atoms with Gasteiger partial charge >= 0.3 is 6.03 Å².